The molecule has 6 heteroatoms. The van der Waals surface area contributed by atoms with E-state index in [0.29, 0.717) is 24.2 Å². The average molecular weight is 354 g/mol. The molecule has 1 rings (SSSR count). The molecule has 0 aromatic heterocycles. The van der Waals surface area contributed by atoms with Crippen molar-refractivity contribution in [1.82, 2.24) is 10.2 Å². The Labute approximate surface area is 154 Å². The van der Waals surface area contributed by atoms with Gasteiger partial charge in [0, 0.05) is 18.1 Å². The summed E-state index contributed by atoms with van der Waals surface area (Å²) in [6.45, 7) is 13.4. The molecule has 0 aliphatic heterocycles. The molecule has 0 heterocycles. The molecule has 0 bridgehead atoms. The second-order valence-corrected chi connectivity index (χ2v) is 9.56. The SMILES string of the molecule is CC(C)N(C)CC1CC[C@@H](CCB(O)O)C[C@]1(C)C(=O)NC(C)(C)C. The highest BCUT2D eigenvalue weighted by Gasteiger charge is 2.46. The van der Waals surface area contributed by atoms with Gasteiger partial charge in [0.25, 0.3) is 0 Å². The van der Waals surface area contributed by atoms with Gasteiger partial charge >= 0.3 is 7.12 Å². The smallest absolute Gasteiger partial charge is 0.427 e. The van der Waals surface area contributed by atoms with Gasteiger partial charge < -0.3 is 20.3 Å². The standard InChI is InChI=1S/C19H39BN2O3/c1-14(2)22(7)13-16-9-8-15(10-11-20(24)25)12-19(16,6)17(23)21-18(3,4)5/h14-16,24-25H,8-13H2,1-7H3,(H,21,23)/t15-,16?,19-/m0/s1. The highest BCUT2D eigenvalue weighted by molar-refractivity contribution is 6.40. The Hall–Kier alpha value is -0.585. The maximum atomic E-state index is 13.2. The molecule has 146 valence electrons. The van der Waals surface area contributed by atoms with Crippen LogP contribution in [0.1, 0.15) is 67.2 Å². The van der Waals surface area contributed by atoms with Gasteiger partial charge in [0.05, 0.1) is 5.41 Å². The summed E-state index contributed by atoms with van der Waals surface area (Å²) in [6, 6.07) is 0.456. The molecule has 1 aliphatic carbocycles. The summed E-state index contributed by atoms with van der Waals surface area (Å²) < 4.78 is 0. The Morgan fingerprint density at radius 2 is 1.92 bits per heavy atom. The normalized spacial score (nSPS) is 27.6. The van der Waals surface area contributed by atoms with Gasteiger partial charge in [-0.1, -0.05) is 19.8 Å². The van der Waals surface area contributed by atoms with Gasteiger partial charge in [-0.15, -0.1) is 0 Å². The van der Waals surface area contributed by atoms with Gasteiger partial charge in [-0.05, 0) is 72.7 Å². The van der Waals surface area contributed by atoms with Crippen molar-refractivity contribution in [2.75, 3.05) is 13.6 Å². The lowest BCUT2D eigenvalue weighted by Gasteiger charge is -2.46. The summed E-state index contributed by atoms with van der Waals surface area (Å²) in [6.07, 6.45) is 4.04. The molecule has 3 N–H and O–H groups in total. The fraction of sp³-hybridized carbons (Fsp3) is 0.947. The van der Waals surface area contributed by atoms with Gasteiger partial charge in [-0.25, -0.2) is 0 Å². The van der Waals surface area contributed by atoms with E-state index in [0.717, 1.165) is 32.2 Å². The van der Waals surface area contributed by atoms with Crippen LogP contribution in [0.2, 0.25) is 6.32 Å². The lowest BCUT2D eigenvalue weighted by atomic mass is 9.61. The van der Waals surface area contributed by atoms with E-state index in [1.807, 2.05) is 20.8 Å². The number of nitrogens with zero attached hydrogens (tertiary/aromatic N) is 1. The predicted octanol–water partition coefficient (Wildman–Crippen LogP) is 2.53. The molecule has 1 unspecified atom stereocenters. The van der Waals surface area contributed by atoms with E-state index in [2.05, 4.69) is 38.0 Å². The molecule has 1 saturated carbocycles. The summed E-state index contributed by atoms with van der Waals surface area (Å²) in [5.41, 5.74) is -0.664. The number of carbonyl (C=O) groups excluding carboxylic acids is 1. The second-order valence-electron chi connectivity index (χ2n) is 9.56. The third-order valence-corrected chi connectivity index (χ3v) is 5.77. The minimum Gasteiger partial charge on any atom is -0.427 e. The number of hydrogen-bond donors (Lipinski definition) is 3. The van der Waals surface area contributed by atoms with Crippen LogP contribution in [0.25, 0.3) is 0 Å². The van der Waals surface area contributed by atoms with Crippen LogP contribution in [0.5, 0.6) is 0 Å². The fourth-order valence-corrected chi connectivity index (χ4v) is 3.87. The quantitative estimate of drug-likeness (QED) is 0.615. The first-order chi connectivity index (χ1) is 11.3. The molecular formula is C19H39BN2O3. The fourth-order valence-electron chi connectivity index (χ4n) is 3.87. The number of nitrogens with one attached hydrogen (secondary N) is 1. The first kappa shape index (κ1) is 22.5. The third-order valence-electron chi connectivity index (χ3n) is 5.77. The summed E-state index contributed by atoms with van der Waals surface area (Å²) in [5, 5.41) is 21.5. The van der Waals surface area contributed by atoms with E-state index in [1.165, 1.54) is 0 Å². The largest absolute Gasteiger partial charge is 0.451 e. The van der Waals surface area contributed by atoms with Crippen LogP contribution in [0, 0.1) is 17.3 Å². The first-order valence-electron chi connectivity index (χ1n) is 9.74. The molecule has 25 heavy (non-hydrogen) atoms. The highest BCUT2D eigenvalue weighted by Crippen LogP contribution is 2.46. The minimum absolute atomic E-state index is 0.136. The van der Waals surface area contributed by atoms with E-state index < -0.39 is 12.5 Å². The van der Waals surface area contributed by atoms with Crippen molar-refractivity contribution in [3.05, 3.63) is 0 Å². The Morgan fingerprint density at radius 1 is 1.32 bits per heavy atom. The number of amides is 1. The number of carbonyl (C=O) groups is 1. The van der Waals surface area contributed by atoms with Gasteiger partial charge in [0.1, 0.15) is 0 Å². The van der Waals surface area contributed by atoms with Crippen LogP contribution < -0.4 is 5.32 Å². The van der Waals surface area contributed by atoms with E-state index in [9.17, 15) is 14.8 Å². The molecule has 5 nitrogen and oxygen atoms in total. The van der Waals surface area contributed by atoms with E-state index in [1.54, 1.807) is 0 Å². The number of hydrogen-bond acceptors (Lipinski definition) is 4. The van der Waals surface area contributed by atoms with Gasteiger partial charge in [-0.3, -0.25) is 4.79 Å². The topological polar surface area (TPSA) is 72.8 Å². The molecule has 1 aliphatic rings. The Bertz CT molecular complexity index is 437. The van der Waals surface area contributed by atoms with Crippen LogP contribution in [0.3, 0.4) is 0 Å². The summed E-state index contributed by atoms with van der Waals surface area (Å²) >= 11 is 0. The van der Waals surface area contributed by atoms with Gasteiger partial charge in [-0.2, -0.15) is 0 Å². The maximum absolute atomic E-state index is 13.2. The van der Waals surface area contributed by atoms with Crippen LogP contribution in [-0.4, -0.2) is 53.1 Å². The summed E-state index contributed by atoms with van der Waals surface area (Å²) in [7, 11) is 0.875. The highest BCUT2D eigenvalue weighted by atomic mass is 16.4. The second kappa shape index (κ2) is 8.87. The van der Waals surface area contributed by atoms with E-state index in [-0.39, 0.29) is 11.4 Å². The minimum atomic E-state index is -1.25. The van der Waals surface area contributed by atoms with E-state index >= 15 is 0 Å². The van der Waals surface area contributed by atoms with Crippen LogP contribution in [-0.2, 0) is 4.79 Å². The average Bonchev–Trinajstić information content (AvgIpc) is 2.45. The maximum Gasteiger partial charge on any atom is 0.451 e. The van der Waals surface area contributed by atoms with Crippen molar-refractivity contribution in [3.63, 3.8) is 0 Å². The third kappa shape index (κ3) is 6.91. The molecule has 1 amide bonds. The zero-order valence-corrected chi connectivity index (χ0v) is 17.3. The van der Waals surface area contributed by atoms with Crippen LogP contribution in [0.4, 0.5) is 0 Å². The van der Waals surface area contributed by atoms with Crippen molar-refractivity contribution in [2.45, 2.75) is 85.1 Å². The molecule has 0 spiro atoms. The van der Waals surface area contributed by atoms with Gasteiger partial charge in [0.2, 0.25) is 5.91 Å². The number of rotatable bonds is 7. The lowest BCUT2D eigenvalue weighted by molar-refractivity contribution is -0.139. The lowest BCUT2D eigenvalue weighted by Crippen LogP contribution is -2.54. The zero-order valence-electron chi connectivity index (χ0n) is 17.3. The van der Waals surface area contributed by atoms with Crippen molar-refractivity contribution in [3.8, 4) is 0 Å². The van der Waals surface area contributed by atoms with Crippen LogP contribution >= 0.6 is 0 Å². The van der Waals surface area contributed by atoms with Crippen LogP contribution in [0.15, 0.2) is 0 Å². The molecule has 0 radical (unpaired) electrons. The summed E-state index contributed by atoms with van der Waals surface area (Å²) in [4.78, 5) is 15.5. The predicted molar refractivity (Wildman–Crippen MR) is 104 cm³/mol. The first-order valence-corrected chi connectivity index (χ1v) is 9.74. The molecular weight excluding hydrogens is 315 g/mol. The van der Waals surface area contributed by atoms with Crippen molar-refractivity contribution in [1.29, 1.82) is 0 Å². The summed E-state index contributed by atoms with van der Waals surface area (Å²) in [5.74, 6) is 0.826. The Kier molecular flexibility index (Phi) is 7.97. The molecule has 0 aromatic carbocycles. The molecule has 1 fully saturated rings. The Balaban J connectivity index is 2.93. The molecule has 0 aromatic rings. The molecule has 0 saturated heterocycles. The van der Waals surface area contributed by atoms with E-state index in [4.69, 9.17) is 0 Å². The van der Waals surface area contributed by atoms with Gasteiger partial charge in [0.15, 0.2) is 0 Å². The van der Waals surface area contributed by atoms with Crippen molar-refractivity contribution in [2.24, 2.45) is 17.3 Å². The monoisotopic (exact) mass is 354 g/mol. The van der Waals surface area contributed by atoms with Crippen molar-refractivity contribution >= 4 is 13.0 Å². The molecule has 3 atom stereocenters. The van der Waals surface area contributed by atoms with Crippen molar-refractivity contribution < 1.29 is 14.8 Å². The Morgan fingerprint density at radius 3 is 2.40 bits per heavy atom. The zero-order chi connectivity index (χ0) is 19.4.